The normalized spacial score (nSPS) is 16.7. The number of ether oxygens (including phenoxy) is 2. The first-order chi connectivity index (χ1) is 17.9. The molecule has 4 rings (SSSR count). The van der Waals surface area contributed by atoms with E-state index in [4.69, 9.17) is 9.47 Å². The number of hydrogen-bond acceptors (Lipinski definition) is 5. The van der Waals surface area contributed by atoms with Gasteiger partial charge in [0.15, 0.2) is 12.1 Å². The Morgan fingerprint density at radius 2 is 1.70 bits per heavy atom. The molecule has 0 spiro atoms. The molecule has 0 radical (unpaired) electrons. The van der Waals surface area contributed by atoms with Crippen LogP contribution in [0.25, 0.3) is 0 Å². The van der Waals surface area contributed by atoms with Gasteiger partial charge >= 0.3 is 6.09 Å². The smallest absolute Gasteiger partial charge is 0.411 e. The van der Waals surface area contributed by atoms with Gasteiger partial charge in [-0.3, -0.25) is 14.5 Å². The number of hydrogen-bond donors (Lipinski definition) is 1. The number of carbonyl (C=O) groups excluding carboxylic acids is 3. The van der Waals surface area contributed by atoms with Crippen LogP contribution in [-0.2, 0) is 16.1 Å². The lowest BCUT2D eigenvalue weighted by Crippen LogP contribution is -2.48. The Balaban J connectivity index is 1.62. The van der Waals surface area contributed by atoms with E-state index in [1.165, 1.54) is 4.90 Å². The second-order valence-corrected chi connectivity index (χ2v) is 8.68. The summed E-state index contributed by atoms with van der Waals surface area (Å²) in [5.74, 6) is 0.0964. The SMILES string of the molecule is CCN(CC)C(=O)C1C(c2cccc(NC(=O)c3cccc(OC)c3)c2)OC(=O)N1Cc1ccccc1. The van der Waals surface area contributed by atoms with E-state index in [9.17, 15) is 14.4 Å². The molecule has 0 bridgehead atoms. The van der Waals surface area contributed by atoms with E-state index in [1.807, 2.05) is 44.2 Å². The first-order valence-electron chi connectivity index (χ1n) is 12.3. The monoisotopic (exact) mass is 501 g/mol. The summed E-state index contributed by atoms with van der Waals surface area (Å²) >= 11 is 0. The van der Waals surface area contributed by atoms with E-state index < -0.39 is 18.2 Å². The molecule has 3 amide bonds. The lowest BCUT2D eigenvalue weighted by atomic mass is 9.99. The van der Waals surface area contributed by atoms with Crippen molar-refractivity contribution in [3.05, 3.63) is 95.6 Å². The predicted molar refractivity (Wildman–Crippen MR) is 140 cm³/mol. The van der Waals surface area contributed by atoms with Gasteiger partial charge in [-0.25, -0.2) is 4.79 Å². The summed E-state index contributed by atoms with van der Waals surface area (Å²) in [6.07, 6.45) is -1.37. The van der Waals surface area contributed by atoms with Crippen LogP contribution in [0, 0.1) is 0 Å². The third kappa shape index (κ3) is 5.74. The summed E-state index contributed by atoms with van der Waals surface area (Å²) in [4.78, 5) is 42.7. The van der Waals surface area contributed by atoms with Crippen molar-refractivity contribution in [2.24, 2.45) is 0 Å². The van der Waals surface area contributed by atoms with Gasteiger partial charge < -0.3 is 19.7 Å². The molecule has 1 N–H and O–H groups in total. The molecule has 1 aliphatic heterocycles. The maximum Gasteiger partial charge on any atom is 0.411 e. The molecule has 0 aromatic heterocycles. The van der Waals surface area contributed by atoms with Crippen LogP contribution in [0.1, 0.15) is 41.4 Å². The van der Waals surface area contributed by atoms with E-state index in [1.54, 1.807) is 60.5 Å². The predicted octanol–water partition coefficient (Wildman–Crippen LogP) is 4.88. The number of amides is 3. The van der Waals surface area contributed by atoms with E-state index in [0.29, 0.717) is 35.7 Å². The van der Waals surface area contributed by atoms with E-state index in [-0.39, 0.29) is 18.4 Å². The largest absolute Gasteiger partial charge is 0.497 e. The van der Waals surface area contributed by atoms with Gasteiger partial charge in [0, 0.05) is 24.3 Å². The van der Waals surface area contributed by atoms with Gasteiger partial charge in [-0.2, -0.15) is 0 Å². The number of nitrogens with one attached hydrogen (secondary N) is 1. The van der Waals surface area contributed by atoms with Crippen LogP contribution in [-0.4, -0.2) is 53.9 Å². The minimum Gasteiger partial charge on any atom is -0.497 e. The van der Waals surface area contributed by atoms with Gasteiger partial charge in [-0.05, 0) is 55.3 Å². The molecule has 1 fully saturated rings. The maximum absolute atomic E-state index is 13.6. The minimum atomic E-state index is -0.836. The molecule has 0 saturated carbocycles. The van der Waals surface area contributed by atoms with Crippen molar-refractivity contribution in [1.82, 2.24) is 9.80 Å². The molecule has 37 heavy (non-hydrogen) atoms. The zero-order chi connectivity index (χ0) is 26.4. The fourth-order valence-electron chi connectivity index (χ4n) is 4.46. The Morgan fingerprint density at radius 3 is 2.41 bits per heavy atom. The van der Waals surface area contributed by atoms with Crippen LogP contribution in [0.5, 0.6) is 5.75 Å². The molecule has 1 heterocycles. The average Bonchev–Trinajstić information content (AvgIpc) is 3.25. The lowest BCUT2D eigenvalue weighted by molar-refractivity contribution is -0.136. The molecule has 3 aromatic carbocycles. The van der Waals surface area contributed by atoms with Crippen molar-refractivity contribution < 1.29 is 23.9 Å². The average molecular weight is 502 g/mol. The van der Waals surface area contributed by atoms with Gasteiger partial charge in [0.1, 0.15) is 5.75 Å². The molecule has 8 heteroatoms. The molecule has 0 aliphatic carbocycles. The summed E-state index contributed by atoms with van der Waals surface area (Å²) in [5, 5.41) is 2.88. The molecule has 1 aliphatic rings. The van der Waals surface area contributed by atoms with E-state index in [0.717, 1.165) is 5.56 Å². The van der Waals surface area contributed by atoms with Crippen LogP contribution in [0.4, 0.5) is 10.5 Å². The number of likely N-dealkylation sites (N-methyl/N-ethyl adjacent to an activating group) is 1. The van der Waals surface area contributed by atoms with Gasteiger partial charge in [0.2, 0.25) is 5.91 Å². The summed E-state index contributed by atoms with van der Waals surface area (Å²) in [6.45, 7) is 5.10. The quantitative estimate of drug-likeness (QED) is 0.452. The highest BCUT2D eigenvalue weighted by molar-refractivity contribution is 6.04. The maximum atomic E-state index is 13.6. The third-order valence-electron chi connectivity index (χ3n) is 6.41. The zero-order valence-corrected chi connectivity index (χ0v) is 21.2. The fourth-order valence-corrected chi connectivity index (χ4v) is 4.46. The Kier molecular flexibility index (Phi) is 8.08. The molecule has 1 saturated heterocycles. The number of carbonyl (C=O) groups is 3. The summed E-state index contributed by atoms with van der Waals surface area (Å²) < 4.78 is 11.0. The first kappa shape index (κ1) is 25.8. The van der Waals surface area contributed by atoms with Crippen molar-refractivity contribution in [2.45, 2.75) is 32.5 Å². The van der Waals surface area contributed by atoms with Gasteiger partial charge in [0.25, 0.3) is 5.91 Å². The molecule has 2 atom stereocenters. The van der Waals surface area contributed by atoms with Crippen LogP contribution in [0.2, 0.25) is 0 Å². The lowest BCUT2D eigenvalue weighted by Gasteiger charge is -2.29. The number of anilines is 1. The molecule has 192 valence electrons. The highest BCUT2D eigenvalue weighted by Crippen LogP contribution is 2.36. The van der Waals surface area contributed by atoms with E-state index in [2.05, 4.69) is 5.32 Å². The number of nitrogens with zero attached hydrogens (tertiary/aromatic N) is 2. The van der Waals surface area contributed by atoms with E-state index >= 15 is 0 Å². The Labute approximate surface area is 216 Å². The number of rotatable bonds is 9. The van der Waals surface area contributed by atoms with Gasteiger partial charge in [-0.1, -0.05) is 48.5 Å². The summed E-state index contributed by atoms with van der Waals surface area (Å²) in [7, 11) is 1.54. The summed E-state index contributed by atoms with van der Waals surface area (Å²) in [5.41, 5.74) is 2.49. The van der Waals surface area contributed by atoms with Crippen molar-refractivity contribution in [3.8, 4) is 5.75 Å². The molecule has 8 nitrogen and oxygen atoms in total. The summed E-state index contributed by atoms with van der Waals surface area (Å²) in [6, 6.07) is 22.6. The Morgan fingerprint density at radius 1 is 0.973 bits per heavy atom. The first-order valence-corrected chi connectivity index (χ1v) is 12.3. The molecular formula is C29H31N3O5. The molecular weight excluding hydrogens is 470 g/mol. The standard InChI is InChI=1S/C29H31N3O5/c1-4-31(5-2)28(34)25-26(37-29(35)32(25)19-20-11-7-6-8-12-20)21-13-9-15-23(17-21)30-27(33)22-14-10-16-24(18-22)36-3/h6-18,25-26H,4-5,19H2,1-3H3,(H,30,33). The Hall–Kier alpha value is -4.33. The third-order valence-corrected chi connectivity index (χ3v) is 6.41. The van der Waals surface area contributed by atoms with Crippen molar-refractivity contribution in [2.75, 3.05) is 25.5 Å². The highest BCUT2D eigenvalue weighted by Gasteiger charge is 2.48. The van der Waals surface area contributed by atoms with Gasteiger partial charge in [0.05, 0.1) is 13.7 Å². The minimum absolute atomic E-state index is 0.178. The Bertz CT molecular complexity index is 1260. The second-order valence-electron chi connectivity index (χ2n) is 8.68. The van der Waals surface area contributed by atoms with Crippen molar-refractivity contribution in [1.29, 1.82) is 0 Å². The van der Waals surface area contributed by atoms with Gasteiger partial charge in [-0.15, -0.1) is 0 Å². The fraction of sp³-hybridized carbons (Fsp3) is 0.276. The molecule has 3 aromatic rings. The molecule has 2 unspecified atom stereocenters. The zero-order valence-electron chi connectivity index (χ0n) is 21.2. The van der Waals surface area contributed by atoms with Crippen LogP contribution in [0.3, 0.4) is 0 Å². The second kappa shape index (κ2) is 11.6. The number of benzene rings is 3. The van der Waals surface area contributed by atoms with Crippen molar-refractivity contribution in [3.63, 3.8) is 0 Å². The number of methoxy groups -OCH3 is 1. The van der Waals surface area contributed by atoms with Crippen LogP contribution in [0.15, 0.2) is 78.9 Å². The van der Waals surface area contributed by atoms with Crippen LogP contribution < -0.4 is 10.1 Å². The highest BCUT2D eigenvalue weighted by atomic mass is 16.6. The topological polar surface area (TPSA) is 88.2 Å². The van der Waals surface area contributed by atoms with Crippen LogP contribution >= 0.6 is 0 Å². The van der Waals surface area contributed by atoms with Crippen molar-refractivity contribution >= 4 is 23.6 Å². The number of cyclic esters (lactones) is 1.